The standard InChI is InChI=1S/C15H13FN2O5/c16-8-1-2-9-10(6-13(19)17-11(9)5-8)14(20)18-3-4-23-12(7-18)15(21)22/h1-2,5-6,12H,3-4,7H2,(H,17,19)(H,21,22)/t12-/m0/s1. The number of carboxylic acids is 1. The lowest BCUT2D eigenvalue weighted by molar-refractivity contribution is -0.154. The van der Waals surface area contributed by atoms with Crippen molar-refractivity contribution in [2.75, 3.05) is 19.7 Å². The fraction of sp³-hybridized carbons (Fsp3) is 0.267. The number of fused-ring (bicyclic) bond motifs is 1. The molecule has 0 saturated carbocycles. The number of aromatic amines is 1. The summed E-state index contributed by atoms with van der Waals surface area (Å²) in [5.74, 6) is -2.17. The molecule has 1 saturated heterocycles. The monoisotopic (exact) mass is 320 g/mol. The van der Waals surface area contributed by atoms with Gasteiger partial charge in [0.2, 0.25) is 5.56 Å². The summed E-state index contributed by atoms with van der Waals surface area (Å²) in [6, 6.07) is 4.86. The van der Waals surface area contributed by atoms with E-state index >= 15 is 0 Å². The Hall–Kier alpha value is -2.74. The van der Waals surface area contributed by atoms with Gasteiger partial charge in [-0.15, -0.1) is 0 Å². The molecule has 8 heteroatoms. The van der Waals surface area contributed by atoms with Gasteiger partial charge in [0.25, 0.3) is 5.91 Å². The molecule has 1 aromatic heterocycles. The van der Waals surface area contributed by atoms with Crippen LogP contribution in [0.15, 0.2) is 29.1 Å². The Labute approximate surface area is 129 Å². The Kier molecular flexibility index (Phi) is 3.83. The van der Waals surface area contributed by atoms with Crippen LogP contribution in [0, 0.1) is 5.82 Å². The predicted molar refractivity (Wildman–Crippen MR) is 77.8 cm³/mol. The second-order valence-corrected chi connectivity index (χ2v) is 5.19. The average molecular weight is 320 g/mol. The Bertz CT molecular complexity index is 847. The summed E-state index contributed by atoms with van der Waals surface area (Å²) in [5.41, 5.74) is -0.215. The summed E-state index contributed by atoms with van der Waals surface area (Å²) in [6.07, 6.45) is -1.10. The van der Waals surface area contributed by atoms with Crippen LogP contribution in [0.5, 0.6) is 0 Å². The minimum absolute atomic E-state index is 0.0957. The molecule has 0 unspecified atom stereocenters. The lowest BCUT2D eigenvalue weighted by atomic mass is 10.1. The van der Waals surface area contributed by atoms with Gasteiger partial charge >= 0.3 is 5.97 Å². The zero-order valence-electron chi connectivity index (χ0n) is 11.9. The van der Waals surface area contributed by atoms with E-state index in [0.717, 1.165) is 12.1 Å². The van der Waals surface area contributed by atoms with E-state index in [4.69, 9.17) is 9.84 Å². The number of rotatable bonds is 2. The fourth-order valence-corrected chi connectivity index (χ4v) is 2.56. The molecule has 120 valence electrons. The summed E-state index contributed by atoms with van der Waals surface area (Å²) in [7, 11) is 0. The van der Waals surface area contributed by atoms with Crippen LogP contribution in [0.4, 0.5) is 4.39 Å². The number of H-pyrrole nitrogens is 1. The fourth-order valence-electron chi connectivity index (χ4n) is 2.56. The maximum atomic E-state index is 13.3. The number of hydrogen-bond donors (Lipinski definition) is 2. The molecule has 1 aliphatic heterocycles. The molecule has 2 heterocycles. The van der Waals surface area contributed by atoms with Crippen molar-refractivity contribution in [1.82, 2.24) is 9.88 Å². The first-order chi connectivity index (χ1) is 11.0. The number of nitrogens with one attached hydrogen (secondary N) is 1. The molecule has 0 spiro atoms. The molecule has 1 amide bonds. The van der Waals surface area contributed by atoms with E-state index in [1.54, 1.807) is 0 Å². The Morgan fingerprint density at radius 3 is 2.87 bits per heavy atom. The van der Waals surface area contributed by atoms with Crippen molar-refractivity contribution in [2.24, 2.45) is 0 Å². The molecule has 7 nitrogen and oxygen atoms in total. The van der Waals surface area contributed by atoms with E-state index in [0.29, 0.717) is 5.39 Å². The van der Waals surface area contributed by atoms with Crippen LogP contribution in [0.3, 0.4) is 0 Å². The van der Waals surface area contributed by atoms with Gasteiger partial charge in [-0.25, -0.2) is 9.18 Å². The van der Waals surface area contributed by atoms with Crippen molar-refractivity contribution in [2.45, 2.75) is 6.10 Å². The number of hydrogen-bond acceptors (Lipinski definition) is 4. The van der Waals surface area contributed by atoms with Gasteiger partial charge in [-0.05, 0) is 18.2 Å². The quantitative estimate of drug-likeness (QED) is 0.844. The number of pyridine rings is 1. The molecule has 23 heavy (non-hydrogen) atoms. The van der Waals surface area contributed by atoms with Crippen molar-refractivity contribution >= 4 is 22.8 Å². The minimum atomic E-state index is -1.15. The SMILES string of the molecule is O=C(O)[C@@H]1CN(C(=O)c2cc(=O)[nH]c3cc(F)ccc23)CCO1. The third-order valence-electron chi connectivity index (χ3n) is 3.66. The van der Waals surface area contributed by atoms with Crippen LogP contribution >= 0.6 is 0 Å². The van der Waals surface area contributed by atoms with Crippen molar-refractivity contribution < 1.29 is 23.8 Å². The van der Waals surface area contributed by atoms with Crippen molar-refractivity contribution in [1.29, 1.82) is 0 Å². The number of aromatic nitrogens is 1. The van der Waals surface area contributed by atoms with E-state index < -0.39 is 29.4 Å². The van der Waals surface area contributed by atoms with Crippen LogP contribution in [-0.4, -0.2) is 52.7 Å². The summed E-state index contributed by atoms with van der Waals surface area (Å²) >= 11 is 0. The number of amides is 1. The molecule has 1 fully saturated rings. The number of aliphatic carboxylic acids is 1. The average Bonchev–Trinajstić information content (AvgIpc) is 2.53. The van der Waals surface area contributed by atoms with Crippen LogP contribution in [0.25, 0.3) is 10.9 Å². The number of carbonyl (C=O) groups excluding carboxylic acids is 1. The number of carboxylic acid groups (broad SMARTS) is 1. The number of benzene rings is 1. The van der Waals surface area contributed by atoms with E-state index in [2.05, 4.69) is 4.98 Å². The van der Waals surface area contributed by atoms with E-state index in [9.17, 15) is 18.8 Å². The van der Waals surface area contributed by atoms with Crippen molar-refractivity contribution in [3.63, 3.8) is 0 Å². The molecule has 0 bridgehead atoms. The highest BCUT2D eigenvalue weighted by atomic mass is 19.1. The Balaban J connectivity index is 2.00. The molecule has 1 atom stereocenters. The van der Waals surface area contributed by atoms with Crippen molar-refractivity contribution in [3.8, 4) is 0 Å². The number of morpholine rings is 1. The zero-order valence-corrected chi connectivity index (χ0v) is 11.9. The van der Waals surface area contributed by atoms with E-state index in [-0.39, 0.29) is 30.8 Å². The normalized spacial score (nSPS) is 18.1. The number of halogens is 1. The smallest absolute Gasteiger partial charge is 0.334 e. The van der Waals surface area contributed by atoms with Gasteiger partial charge in [-0.3, -0.25) is 9.59 Å². The first-order valence-corrected chi connectivity index (χ1v) is 6.92. The Morgan fingerprint density at radius 2 is 2.13 bits per heavy atom. The highest BCUT2D eigenvalue weighted by Crippen LogP contribution is 2.19. The molecular formula is C15H13FN2O5. The minimum Gasteiger partial charge on any atom is -0.479 e. The predicted octanol–water partition coefficient (Wildman–Crippen LogP) is 0.593. The van der Waals surface area contributed by atoms with Gasteiger partial charge in [-0.2, -0.15) is 0 Å². The lowest BCUT2D eigenvalue weighted by Gasteiger charge is -2.31. The van der Waals surface area contributed by atoms with Gasteiger partial charge in [-0.1, -0.05) is 0 Å². The third-order valence-corrected chi connectivity index (χ3v) is 3.66. The maximum absolute atomic E-state index is 13.3. The van der Waals surface area contributed by atoms with Crippen LogP contribution in [0.2, 0.25) is 0 Å². The summed E-state index contributed by atoms with van der Waals surface area (Å²) < 4.78 is 18.4. The second-order valence-electron chi connectivity index (χ2n) is 5.19. The Morgan fingerprint density at radius 1 is 1.35 bits per heavy atom. The van der Waals surface area contributed by atoms with Gasteiger partial charge in [0.05, 0.1) is 24.2 Å². The van der Waals surface area contributed by atoms with Gasteiger partial charge in [0, 0.05) is 18.0 Å². The molecule has 2 N–H and O–H groups in total. The largest absolute Gasteiger partial charge is 0.479 e. The molecular weight excluding hydrogens is 307 g/mol. The van der Waals surface area contributed by atoms with Crippen LogP contribution in [-0.2, 0) is 9.53 Å². The van der Waals surface area contributed by atoms with Gasteiger partial charge in [0.1, 0.15) is 5.82 Å². The highest BCUT2D eigenvalue weighted by Gasteiger charge is 2.30. The second kappa shape index (κ2) is 5.81. The summed E-state index contributed by atoms with van der Waals surface area (Å²) in [6.45, 7) is 0.209. The number of nitrogens with zero attached hydrogens (tertiary/aromatic N) is 1. The lowest BCUT2D eigenvalue weighted by Crippen LogP contribution is -2.48. The first-order valence-electron chi connectivity index (χ1n) is 6.92. The van der Waals surface area contributed by atoms with Crippen LogP contribution in [0.1, 0.15) is 10.4 Å². The summed E-state index contributed by atoms with van der Waals surface area (Å²) in [4.78, 5) is 39.2. The molecule has 1 aliphatic rings. The maximum Gasteiger partial charge on any atom is 0.334 e. The highest BCUT2D eigenvalue weighted by molar-refractivity contribution is 6.06. The third kappa shape index (κ3) is 2.93. The zero-order chi connectivity index (χ0) is 16.6. The number of carbonyl (C=O) groups is 2. The number of ether oxygens (including phenoxy) is 1. The van der Waals surface area contributed by atoms with E-state index in [1.165, 1.54) is 17.0 Å². The molecule has 2 aromatic rings. The van der Waals surface area contributed by atoms with Gasteiger partial charge < -0.3 is 19.7 Å². The molecule has 3 rings (SSSR count). The molecule has 1 aromatic carbocycles. The van der Waals surface area contributed by atoms with Gasteiger partial charge in [0.15, 0.2) is 6.10 Å². The first kappa shape index (κ1) is 15.2. The molecule has 0 radical (unpaired) electrons. The van der Waals surface area contributed by atoms with E-state index in [1.807, 2.05) is 0 Å². The topological polar surface area (TPSA) is 99.7 Å². The summed E-state index contributed by atoms with van der Waals surface area (Å²) in [5, 5.41) is 9.39. The molecule has 0 aliphatic carbocycles. The van der Waals surface area contributed by atoms with Crippen molar-refractivity contribution in [3.05, 3.63) is 46.0 Å². The van der Waals surface area contributed by atoms with Crippen LogP contribution < -0.4 is 5.56 Å².